The molecular formula is C10H18O2. The third-order valence-corrected chi connectivity index (χ3v) is 2.80. The van der Waals surface area contributed by atoms with Crippen LogP contribution in [0.3, 0.4) is 0 Å². The fraction of sp³-hybridized carbons (Fsp3) is 0.800. The summed E-state index contributed by atoms with van der Waals surface area (Å²) in [5.74, 6) is 0.884. The van der Waals surface area contributed by atoms with E-state index in [0.717, 1.165) is 6.29 Å². The molecule has 2 nitrogen and oxygen atoms in total. The Morgan fingerprint density at radius 2 is 1.83 bits per heavy atom. The third kappa shape index (κ3) is 3.16. The summed E-state index contributed by atoms with van der Waals surface area (Å²) in [6.07, 6.45) is 1.48. The van der Waals surface area contributed by atoms with Gasteiger partial charge >= 0.3 is 0 Å². The lowest BCUT2D eigenvalue weighted by atomic mass is 9.82. The monoisotopic (exact) mass is 170 g/mol. The number of Topliss-reactive ketones (excluding diaryl/α,β-unsaturated/α-hetero) is 1. The summed E-state index contributed by atoms with van der Waals surface area (Å²) in [5, 5.41) is 0. The molecule has 0 saturated heterocycles. The van der Waals surface area contributed by atoms with Gasteiger partial charge in [0.25, 0.3) is 0 Å². The Bertz CT molecular complexity index is 163. The van der Waals surface area contributed by atoms with Crippen molar-refractivity contribution >= 4 is 12.1 Å². The molecule has 0 rings (SSSR count). The molecule has 3 atom stereocenters. The summed E-state index contributed by atoms with van der Waals surface area (Å²) < 4.78 is 0. The van der Waals surface area contributed by atoms with Gasteiger partial charge in [0.2, 0.25) is 0 Å². The van der Waals surface area contributed by atoms with Gasteiger partial charge in [-0.2, -0.15) is 0 Å². The highest BCUT2D eigenvalue weighted by Crippen LogP contribution is 2.22. The summed E-state index contributed by atoms with van der Waals surface area (Å²) in [6, 6.07) is 0. The van der Waals surface area contributed by atoms with E-state index in [2.05, 4.69) is 0 Å². The molecule has 0 amide bonds. The third-order valence-electron chi connectivity index (χ3n) is 2.80. The number of aldehydes is 1. The lowest BCUT2D eigenvalue weighted by Gasteiger charge is -2.22. The van der Waals surface area contributed by atoms with E-state index in [0.29, 0.717) is 18.3 Å². The zero-order valence-corrected chi connectivity index (χ0v) is 8.33. The largest absolute Gasteiger partial charge is 0.303 e. The van der Waals surface area contributed by atoms with Crippen molar-refractivity contribution in [1.29, 1.82) is 0 Å². The maximum atomic E-state index is 11.0. The van der Waals surface area contributed by atoms with E-state index < -0.39 is 0 Å². The van der Waals surface area contributed by atoms with Crippen molar-refractivity contribution in [3.05, 3.63) is 0 Å². The number of ketones is 1. The van der Waals surface area contributed by atoms with E-state index in [1.165, 1.54) is 0 Å². The minimum atomic E-state index is 0.0694. The highest BCUT2D eigenvalue weighted by molar-refractivity contribution is 5.78. The molecule has 0 saturated carbocycles. The standard InChI is InChI=1S/C10H18O2/c1-7(5-6-11)8(2)9(3)10(4)12/h6-9H,5H2,1-4H3. The van der Waals surface area contributed by atoms with Crippen molar-refractivity contribution in [3.8, 4) is 0 Å². The van der Waals surface area contributed by atoms with E-state index >= 15 is 0 Å². The lowest BCUT2D eigenvalue weighted by molar-refractivity contribution is -0.122. The SMILES string of the molecule is CC(=O)C(C)C(C)C(C)CC=O. The summed E-state index contributed by atoms with van der Waals surface area (Å²) in [6.45, 7) is 7.57. The average Bonchev–Trinajstić information content (AvgIpc) is 2.02. The fourth-order valence-corrected chi connectivity index (χ4v) is 1.23. The quantitative estimate of drug-likeness (QED) is 0.592. The van der Waals surface area contributed by atoms with E-state index in [-0.39, 0.29) is 11.7 Å². The highest BCUT2D eigenvalue weighted by Gasteiger charge is 2.21. The zero-order chi connectivity index (χ0) is 9.72. The van der Waals surface area contributed by atoms with Crippen LogP contribution in [0.25, 0.3) is 0 Å². The second-order valence-electron chi connectivity index (χ2n) is 3.64. The summed E-state index contributed by atoms with van der Waals surface area (Å²) in [7, 11) is 0. The number of hydrogen-bond donors (Lipinski definition) is 0. The summed E-state index contributed by atoms with van der Waals surface area (Å²) in [4.78, 5) is 21.2. The predicted octanol–water partition coefficient (Wildman–Crippen LogP) is 2.07. The van der Waals surface area contributed by atoms with Gasteiger partial charge in [-0.05, 0) is 18.8 Å². The molecule has 0 N–H and O–H groups in total. The molecule has 0 aliphatic rings. The topological polar surface area (TPSA) is 34.1 Å². The molecule has 0 aromatic heterocycles. The molecule has 0 aliphatic heterocycles. The van der Waals surface area contributed by atoms with Gasteiger partial charge in [-0.3, -0.25) is 4.79 Å². The van der Waals surface area contributed by atoms with Crippen LogP contribution in [0.15, 0.2) is 0 Å². The molecule has 0 heterocycles. The molecule has 70 valence electrons. The first-order valence-corrected chi connectivity index (χ1v) is 4.44. The number of rotatable bonds is 5. The van der Waals surface area contributed by atoms with Gasteiger partial charge in [-0.25, -0.2) is 0 Å². The van der Waals surface area contributed by atoms with Gasteiger partial charge in [-0.1, -0.05) is 20.8 Å². The molecule has 2 heteroatoms. The molecule has 3 unspecified atom stereocenters. The lowest BCUT2D eigenvalue weighted by Crippen LogP contribution is -2.22. The Balaban J connectivity index is 4.07. The Kier molecular flexibility index (Phi) is 4.79. The molecule has 0 bridgehead atoms. The first-order chi connectivity index (χ1) is 5.50. The predicted molar refractivity (Wildman–Crippen MR) is 48.9 cm³/mol. The Labute approximate surface area is 74.3 Å². The van der Waals surface area contributed by atoms with E-state index in [1.54, 1.807) is 6.92 Å². The second-order valence-corrected chi connectivity index (χ2v) is 3.64. The number of hydrogen-bond acceptors (Lipinski definition) is 2. The fourth-order valence-electron chi connectivity index (χ4n) is 1.23. The van der Waals surface area contributed by atoms with Gasteiger partial charge < -0.3 is 4.79 Å². The van der Waals surface area contributed by atoms with Crippen LogP contribution in [0.4, 0.5) is 0 Å². The van der Waals surface area contributed by atoms with Crippen molar-refractivity contribution < 1.29 is 9.59 Å². The van der Waals surface area contributed by atoms with Crippen LogP contribution in [0.1, 0.15) is 34.1 Å². The minimum absolute atomic E-state index is 0.0694. The van der Waals surface area contributed by atoms with Gasteiger partial charge in [0.15, 0.2) is 0 Å². The van der Waals surface area contributed by atoms with Crippen molar-refractivity contribution in [1.82, 2.24) is 0 Å². The first kappa shape index (κ1) is 11.3. The van der Waals surface area contributed by atoms with Crippen LogP contribution in [0, 0.1) is 17.8 Å². The van der Waals surface area contributed by atoms with Crippen LogP contribution >= 0.6 is 0 Å². The molecule has 0 radical (unpaired) electrons. The molecule has 12 heavy (non-hydrogen) atoms. The summed E-state index contributed by atoms with van der Waals surface area (Å²) in [5.41, 5.74) is 0. The Morgan fingerprint density at radius 3 is 2.17 bits per heavy atom. The first-order valence-electron chi connectivity index (χ1n) is 4.44. The van der Waals surface area contributed by atoms with Gasteiger partial charge in [-0.15, -0.1) is 0 Å². The van der Waals surface area contributed by atoms with Crippen molar-refractivity contribution in [3.63, 3.8) is 0 Å². The van der Waals surface area contributed by atoms with Gasteiger partial charge in [0, 0.05) is 12.3 Å². The second kappa shape index (κ2) is 5.07. The number of carbonyl (C=O) groups is 2. The Morgan fingerprint density at radius 1 is 1.33 bits per heavy atom. The molecule has 0 spiro atoms. The summed E-state index contributed by atoms with van der Waals surface area (Å²) >= 11 is 0. The van der Waals surface area contributed by atoms with Crippen molar-refractivity contribution in [2.45, 2.75) is 34.1 Å². The van der Waals surface area contributed by atoms with Crippen LogP contribution < -0.4 is 0 Å². The van der Waals surface area contributed by atoms with Crippen LogP contribution in [-0.2, 0) is 9.59 Å². The molecule has 0 aromatic rings. The van der Waals surface area contributed by atoms with Gasteiger partial charge in [0.05, 0.1) is 0 Å². The maximum Gasteiger partial charge on any atom is 0.132 e. The molecule has 0 aliphatic carbocycles. The zero-order valence-electron chi connectivity index (χ0n) is 8.33. The van der Waals surface area contributed by atoms with Crippen LogP contribution in [0.2, 0.25) is 0 Å². The molecule has 0 aromatic carbocycles. The Hall–Kier alpha value is -0.660. The highest BCUT2D eigenvalue weighted by atomic mass is 16.1. The average molecular weight is 170 g/mol. The van der Waals surface area contributed by atoms with Crippen LogP contribution in [0.5, 0.6) is 0 Å². The van der Waals surface area contributed by atoms with Gasteiger partial charge in [0.1, 0.15) is 12.1 Å². The van der Waals surface area contributed by atoms with Crippen molar-refractivity contribution in [2.75, 3.05) is 0 Å². The van der Waals surface area contributed by atoms with Crippen LogP contribution in [-0.4, -0.2) is 12.1 Å². The smallest absolute Gasteiger partial charge is 0.132 e. The molecular weight excluding hydrogens is 152 g/mol. The van der Waals surface area contributed by atoms with E-state index in [4.69, 9.17) is 0 Å². The normalized spacial score (nSPS) is 18.0. The molecule has 0 fully saturated rings. The number of carbonyl (C=O) groups excluding carboxylic acids is 2. The van der Waals surface area contributed by atoms with E-state index in [1.807, 2.05) is 20.8 Å². The van der Waals surface area contributed by atoms with E-state index in [9.17, 15) is 9.59 Å². The van der Waals surface area contributed by atoms with Crippen molar-refractivity contribution in [2.24, 2.45) is 17.8 Å². The maximum absolute atomic E-state index is 11.0. The minimum Gasteiger partial charge on any atom is -0.303 e.